The number of carbonyl (C=O) groups is 2. The Morgan fingerprint density at radius 1 is 1.13 bits per heavy atom. The Bertz CT molecular complexity index is 679. The van der Waals surface area contributed by atoms with Crippen molar-refractivity contribution in [3.8, 4) is 0 Å². The Morgan fingerprint density at radius 2 is 1.91 bits per heavy atom. The van der Waals surface area contributed by atoms with Crippen LogP contribution in [0.4, 0.5) is 5.82 Å². The van der Waals surface area contributed by atoms with Crippen LogP contribution in [0.3, 0.4) is 0 Å². The number of anilines is 1. The molecule has 3 rings (SSSR count). The second-order valence-electron chi connectivity index (χ2n) is 5.61. The number of hydrogen-bond acceptors (Lipinski definition) is 4. The summed E-state index contributed by atoms with van der Waals surface area (Å²) in [6.45, 7) is 0.222. The predicted octanol–water partition coefficient (Wildman–Crippen LogP) is 3.18. The fourth-order valence-electron chi connectivity index (χ4n) is 2.29. The van der Waals surface area contributed by atoms with Crippen molar-refractivity contribution in [1.29, 1.82) is 0 Å². The molecule has 0 saturated heterocycles. The molecular weight excluding hydrogens is 292 g/mol. The van der Waals surface area contributed by atoms with Crippen molar-refractivity contribution in [2.75, 3.05) is 5.32 Å². The smallest absolute Gasteiger partial charge is 0.340 e. The monoisotopic (exact) mass is 310 g/mol. The average Bonchev–Trinajstić information content (AvgIpc) is 2.52. The lowest BCUT2D eigenvalue weighted by atomic mass is 9.85. The second-order valence-corrected chi connectivity index (χ2v) is 5.61. The molecule has 1 N–H and O–H groups in total. The van der Waals surface area contributed by atoms with E-state index < -0.39 is 5.97 Å². The molecule has 1 fully saturated rings. The Labute approximate surface area is 134 Å². The minimum absolute atomic E-state index is 0.00292. The van der Waals surface area contributed by atoms with Gasteiger partial charge in [0.15, 0.2) is 0 Å². The minimum Gasteiger partial charge on any atom is -0.457 e. The van der Waals surface area contributed by atoms with Gasteiger partial charge in [-0.05, 0) is 30.5 Å². The number of pyridine rings is 1. The molecule has 1 saturated carbocycles. The number of esters is 1. The lowest BCUT2D eigenvalue weighted by Crippen LogP contribution is -2.28. The zero-order chi connectivity index (χ0) is 16.1. The molecule has 2 aromatic rings. The quantitative estimate of drug-likeness (QED) is 0.861. The standard InChI is InChI=1S/C18H18N2O3/c21-17(14-7-4-8-14)20-16-10-9-15(11-19-16)18(22)23-12-13-5-2-1-3-6-13/h1-3,5-6,9-11,14H,4,7-8,12H2,(H,19,20,21). The molecule has 1 amide bonds. The van der Waals surface area contributed by atoms with E-state index in [0.29, 0.717) is 11.4 Å². The highest BCUT2D eigenvalue weighted by Crippen LogP contribution is 2.27. The van der Waals surface area contributed by atoms with Crippen molar-refractivity contribution in [3.05, 3.63) is 59.8 Å². The second kappa shape index (κ2) is 7.05. The first kappa shape index (κ1) is 15.2. The van der Waals surface area contributed by atoms with E-state index in [0.717, 1.165) is 24.8 Å². The van der Waals surface area contributed by atoms with Crippen LogP contribution < -0.4 is 5.32 Å². The normalized spacial score (nSPS) is 13.9. The predicted molar refractivity (Wildman–Crippen MR) is 85.8 cm³/mol. The van der Waals surface area contributed by atoms with E-state index in [2.05, 4.69) is 10.3 Å². The average molecular weight is 310 g/mol. The molecule has 0 bridgehead atoms. The van der Waals surface area contributed by atoms with Crippen molar-refractivity contribution < 1.29 is 14.3 Å². The largest absolute Gasteiger partial charge is 0.457 e. The van der Waals surface area contributed by atoms with Gasteiger partial charge in [0.1, 0.15) is 12.4 Å². The molecule has 0 atom stereocenters. The summed E-state index contributed by atoms with van der Waals surface area (Å²) in [5, 5.41) is 2.77. The van der Waals surface area contributed by atoms with Gasteiger partial charge in [0.05, 0.1) is 5.56 Å². The summed E-state index contributed by atoms with van der Waals surface area (Å²) in [5.74, 6) is 0.134. The molecule has 1 aliphatic rings. The molecule has 1 heterocycles. The Hall–Kier alpha value is -2.69. The molecule has 0 aliphatic heterocycles. The van der Waals surface area contributed by atoms with Gasteiger partial charge in [-0.2, -0.15) is 0 Å². The third kappa shape index (κ3) is 3.94. The first-order chi connectivity index (χ1) is 11.2. The van der Waals surface area contributed by atoms with Gasteiger partial charge in [-0.1, -0.05) is 36.8 Å². The molecule has 5 nitrogen and oxygen atoms in total. The molecule has 0 unspecified atom stereocenters. The Balaban J connectivity index is 1.53. The van der Waals surface area contributed by atoms with Crippen molar-refractivity contribution in [1.82, 2.24) is 4.98 Å². The number of nitrogens with one attached hydrogen (secondary N) is 1. The zero-order valence-corrected chi connectivity index (χ0v) is 12.7. The summed E-state index contributed by atoms with van der Waals surface area (Å²) in [6, 6.07) is 12.7. The van der Waals surface area contributed by atoms with Gasteiger partial charge in [-0.25, -0.2) is 9.78 Å². The topological polar surface area (TPSA) is 68.3 Å². The van der Waals surface area contributed by atoms with Gasteiger partial charge in [0.25, 0.3) is 0 Å². The van der Waals surface area contributed by atoms with Crippen LogP contribution in [0.1, 0.15) is 35.2 Å². The summed E-state index contributed by atoms with van der Waals surface area (Å²) in [5.41, 5.74) is 1.29. The third-order valence-electron chi connectivity index (χ3n) is 3.94. The minimum atomic E-state index is -0.432. The lowest BCUT2D eigenvalue weighted by molar-refractivity contribution is -0.122. The lowest BCUT2D eigenvalue weighted by Gasteiger charge is -2.23. The highest BCUT2D eigenvalue weighted by molar-refractivity contribution is 5.93. The molecule has 0 radical (unpaired) electrons. The number of nitrogens with zero attached hydrogens (tertiary/aromatic N) is 1. The van der Waals surface area contributed by atoms with E-state index in [1.807, 2.05) is 30.3 Å². The van der Waals surface area contributed by atoms with Crippen LogP contribution in [-0.2, 0) is 16.1 Å². The van der Waals surface area contributed by atoms with Crippen LogP contribution in [0.25, 0.3) is 0 Å². The van der Waals surface area contributed by atoms with E-state index in [-0.39, 0.29) is 18.4 Å². The van der Waals surface area contributed by atoms with E-state index in [4.69, 9.17) is 4.74 Å². The van der Waals surface area contributed by atoms with Crippen LogP contribution in [0.15, 0.2) is 48.7 Å². The number of ether oxygens (including phenoxy) is 1. The number of hydrogen-bond donors (Lipinski definition) is 1. The van der Waals surface area contributed by atoms with Crippen molar-refractivity contribution in [2.45, 2.75) is 25.9 Å². The number of aromatic nitrogens is 1. The van der Waals surface area contributed by atoms with E-state index >= 15 is 0 Å². The van der Waals surface area contributed by atoms with Gasteiger partial charge >= 0.3 is 5.97 Å². The fraction of sp³-hybridized carbons (Fsp3) is 0.278. The van der Waals surface area contributed by atoms with Crippen LogP contribution in [0.5, 0.6) is 0 Å². The van der Waals surface area contributed by atoms with Gasteiger partial charge in [-0.3, -0.25) is 4.79 Å². The fourth-order valence-corrected chi connectivity index (χ4v) is 2.29. The van der Waals surface area contributed by atoms with Gasteiger partial charge in [-0.15, -0.1) is 0 Å². The zero-order valence-electron chi connectivity index (χ0n) is 12.7. The first-order valence-electron chi connectivity index (χ1n) is 7.70. The maximum Gasteiger partial charge on any atom is 0.340 e. The summed E-state index contributed by atoms with van der Waals surface area (Å²) in [4.78, 5) is 27.9. The molecule has 23 heavy (non-hydrogen) atoms. The molecular formula is C18H18N2O3. The SMILES string of the molecule is O=C(OCc1ccccc1)c1ccc(NC(=O)C2CCC2)nc1. The number of benzene rings is 1. The highest BCUT2D eigenvalue weighted by atomic mass is 16.5. The Morgan fingerprint density at radius 3 is 2.52 bits per heavy atom. The molecule has 0 spiro atoms. The van der Waals surface area contributed by atoms with Crippen LogP contribution in [-0.4, -0.2) is 16.9 Å². The first-order valence-corrected chi connectivity index (χ1v) is 7.70. The van der Waals surface area contributed by atoms with E-state index in [1.54, 1.807) is 12.1 Å². The van der Waals surface area contributed by atoms with Gasteiger partial charge in [0.2, 0.25) is 5.91 Å². The van der Waals surface area contributed by atoms with Crippen molar-refractivity contribution in [3.63, 3.8) is 0 Å². The van der Waals surface area contributed by atoms with Gasteiger partial charge < -0.3 is 10.1 Å². The molecule has 1 aliphatic carbocycles. The van der Waals surface area contributed by atoms with Gasteiger partial charge in [0, 0.05) is 12.1 Å². The number of carbonyl (C=O) groups excluding carboxylic acids is 2. The van der Waals surface area contributed by atoms with E-state index in [9.17, 15) is 9.59 Å². The molecule has 1 aromatic heterocycles. The summed E-state index contributed by atoms with van der Waals surface area (Å²) in [7, 11) is 0. The van der Waals surface area contributed by atoms with Crippen molar-refractivity contribution >= 4 is 17.7 Å². The van der Waals surface area contributed by atoms with Crippen LogP contribution >= 0.6 is 0 Å². The summed E-state index contributed by atoms with van der Waals surface area (Å²) < 4.78 is 5.23. The summed E-state index contributed by atoms with van der Waals surface area (Å²) in [6.07, 6.45) is 4.41. The van der Waals surface area contributed by atoms with Crippen LogP contribution in [0, 0.1) is 5.92 Å². The highest BCUT2D eigenvalue weighted by Gasteiger charge is 2.25. The van der Waals surface area contributed by atoms with E-state index in [1.165, 1.54) is 6.20 Å². The van der Waals surface area contributed by atoms with Crippen molar-refractivity contribution in [2.24, 2.45) is 5.92 Å². The molecule has 118 valence electrons. The Kier molecular flexibility index (Phi) is 4.66. The van der Waals surface area contributed by atoms with Crippen LogP contribution in [0.2, 0.25) is 0 Å². The maximum atomic E-state index is 12.0. The number of rotatable bonds is 5. The summed E-state index contributed by atoms with van der Waals surface area (Å²) >= 11 is 0. The molecule has 1 aromatic carbocycles. The molecule has 5 heteroatoms. The number of amides is 1. The third-order valence-corrected chi connectivity index (χ3v) is 3.94. The maximum absolute atomic E-state index is 12.0.